The topological polar surface area (TPSA) is 55.1 Å². The van der Waals surface area contributed by atoms with Gasteiger partial charge in [0.15, 0.2) is 5.16 Å². The highest BCUT2D eigenvalue weighted by Gasteiger charge is 2.16. The smallest absolute Gasteiger partial charge is 0.313 e. The van der Waals surface area contributed by atoms with E-state index in [9.17, 15) is 4.79 Å². The summed E-state index contributed by atoms with van der Waals surface area (Å²) in [5, 5.41) is 9.68. The molecule has 0 atom stereocenters. The summed E-state index contributed by atoms with van der Waals surface area (Å²) >= 11 is 3.55. The zero-order chi connectivity index (χ0) is 15.6. The number of thioether (sulfide) groups is 1. The highest BCUT2D eigenvalue weighted by atomic mass is 127. The summed E-state index contributed by atoms with van der Waals surface area (Å²) < 4.78 is 3.28. The lowest BCUT2D eigenvalue weighted by molar-refractivity contribution is -0.133. The lowest BCUT2D eigenvalue weighted by Crippen LogP contribution is -2.11. The van der Waals surface area contributed by atoms with Crippen molar-refractivity contribution in [2.45, 2.75) is 38.9 Å². The second-order valence-corrected chi connectivity index (χ2v) is 8.36. The predicted octanol–water partition coefficient (Wildman–Crippen LogP) is 4.25. The van der Waals surface area contributed by atoms with Crippen LogP contribution in [0.15, 0.2) is 23.4 Å². The number of fused-ring (bicyclic) bond motifs is 1. The van der Waals surface area contributed by atoms with Crippen LogP contribution >= 0.6 is 34.4 Å². The van der Waals surface area contributed by atoms with E-state index < -0.39 is 5.97 Å². The first-order chi connectivity index (χ1) is 9.76. The van der Waals surface area contributed by atoms with E-state index >= 15 is 0 Å². The van der Waals surface area contributed by atoms with Crippen molar-refractivity contribution in [1.82, 2.24) is 9.55 Å². The van der Waals surface area contributed by atoms with E-state index in [2.05, 4.69) is 65.0 Å². The van der Waals surface area contributed by atoms with Gasteiger partial charge in [-0.25, -0.2) is 4.98 Å². The number of aromatic nitrogens is 2. The first-order valence-electron chi connectivity index (χ1n) is 6.77. The Morgan fingerprint density at radius 1 is 1.43 bits per heavy atom. The monoisotopic (exact) mass is 418 g/mol. The lowest BCUT2D eigenvalue weighted by atomic mass is 9.92. The fourth-order valence-corrected chi connectivity index (χ4v) is 3.22. The summed E-state index contributed by atoms with van der Waals surface area (Å²) in [7, 11) is 0. The summed E-state index contributed by atoms with van der Waals surface area (Å²) in [6, 6.07) is 6.16. The van der Waals surface area contributed by atoms with Crippen molar-refractivity contribution < 1.29 is 9.90 Å². The molecule has 114 valence electrons. The van der Waals surface area contributed by atoms with Gasteiger partial charge in [0.25, 0.3) is 0 Å². The molecule has 1 aromatic carbocycles. The van der Waals surface area contributed by atoms with E-state index in [4.69, 9.17) is 5.11 Å². The molecule has 0 fully saturated rings. The minimum atomic E-state index is -0.816. The number of aliphatic carboxylic acids is 1. The molecule has 21 heavy (non-hydrogen) atoms. The molecule has 4 nitrogen and oxygen atoms in total. The third-order valence-electron chi connectivity index (χ3n) is 3.09. The molecule has 2 aromatic rings. The molecule has 0 aliphatic rings. The Morgan fingerprint density at radius 3 is 2.76 bits per heavy atom. The van der Waals surface area contributed by atoms with Gasteiger partial charge in [-0.1, -0.05) is 32.5 Å². The molecule has 1 heterocycles. The SMILES string of the molecule is CC(C)(C)CCn1c(SCC(=O)O)nc2cc(I)ccc21. The summed E-state index contributed by atoms with van der Waals surface area (Å²) in [5.41, 5.74) is 2.24. The molecule has 2 rings (SSSR count). The average Bonchev–Trinajstić information content (AvgIpc) is 2.69. The van der Waals surface area contributed by atoms with Crippen LogP contribution < -0.4 is 0 Å². The molecule has 1 N–H and O–H groups in total. The van der Waals surface area contributed by atoms with Crippen molar-refractivity contribution >= 4 is 51.4 Å². The summed E-state index contributed by atoms with van der Waals surface area (Å²) in [6.07, 6.45) is 1.02. The van der Waals surface area contributed by atoms with Crippen molar-refractivity contribution in [3.63, 3.8) is 0 Å². The Bertz CT molecular complexity index is 661. The highest BCUT2D eigenvalue weighted by molar-refractivity contribution is 14.1. The van der Waals surface area contributed by atoms with Crippen LogP contribution in [-0.2, 0) is 11.3 Å². The van der Waals surface area contributed by atoms with Gasteiger partial charge in [-0.3, -0.25) is 4.79 Å². The number of aryl methyl sites for hydroxylation is 1. The zero-order valence-corrected chi connectivity index (χ0v) is 15.4. The van der Waals surface area contributed by atoms with Crippen molar-refractivity contribution in [1.29, 1.82) is 0 Å². The first kappa shape index (κ1) is 16.6. The molecule has 0 amide bonds. The number of nitrogens with zero attached hydrogens (tertiary/aromatic N) is 2. The van der Waals surface area contributed by atoms with Gasteiger partial charge in [0.05, 0.1) is 16.8 Å². The second kappa shape index (κ2) is 6.56. The standard InChI is InChI=1S/C15H19IN2O2S/c1-15(2,3)6-7-18-12-5-4-10(16)8-11(12)17-14(18)21-9-13(19)20/h4-5,8H,6-7,9H2,1-3H3,(H,19,20). The van der Waals surface area contributed by atoms with E-state index in [1.165, 1.54) is 11.8 Å². The molecule has 0 saturated carbocycles. The van der Waals surface area contributed by atoms with Crippen molar-refractivity contribution in [2.24, 2.45) is 5.41 Å². The van der Waals surface area contributed by atoms with E-state index in [0.717, 1.165) is 32.7 Å². The van der Waals surface area contributed by atoms with Gasteiger partial charge in [0.2, 0.25) is 0 Å². The molecular formula is C15H19IN2O2S. The minimum Gasteiger partial charge on any atom is -0.481 e. The Hall–Kier alpha value is -0.760. The van der Waals surface area contributed by atoms with Crippen LogP contribution in [0.5, 0.6) is 0 Å². The number of hydrogen-bond acceptors (Lipinski definition) is 3. The molecule has 0 bridgehead atoms. The van der Waals surface area contributed by atoms with E-state index in [-0.39, 0.29) is 11.2 Å². The zero-order valence-electron chi connectivity index (χ0n) is 12.4. The third-order valence-corrected chi connectivity index (χ3v) is 4.72. The van der Waals surface area contributed by atoms with Crippen LogP contribution in [0.4, 0.5) is 0 Å². The maximum Gasteiger partial charge on any atom is 0.313 e. The van der Waals surface area contributed by atoms with Gasteiger partial charge in [-0.15, -0.1) is 0 Å². The third kappa shape index (κ3) is 4.60. The largest absolute Gasteiger partial charge is 0.481 e. The van der Waals surface area contributed by atoms with Crippen molar-refractivity contribution in [3.8, 4) is 0 Å². The molecule has 1 aromatic heterocycles. The Morgan fingerprint density at radius 2 is 2.14 bits per heavy atom. The molecule has 0 radical (unpaired) electrons. The van der Waals surface area contributed by atoms with Crippen LogP contribution in [0.25, 0.3) is 11.0 Å². The van der Waals surface area contributed by atoms with Crippen LogP contribution in [0.3, 0.4) is 0 Å². The number of imidazole rings is 1. The molecule has 0 saturated heterocycles. The molecule has 0 unspecified atom stereocenters. The molecule has 0 aliphatic carbocycles. The quantitative estimate of drug-likeness (QED) is 0.583. The van der Waals surface area contributed by atoms with Gasteiger partial charge in [-0.2, -0.15) is 0 Å². The number of carbonyl (C=O) groups is 1. The number of rotatable bonds is 5. The number of halogens is 1. The Balaban J connectivity index is 2.36. The highest BCUT2D eigenvalue weighted by Crippen LogP contribution is 2.28. The van der Waals surface area contributed by atoms with Gasteiger partial charge < -0.3 is 9.67 Å². The van der Waals surface area contributed by atoms with Crippen LogP contribution in [0, 0.1) is 8.99 Å². The number of hydrogen-bond donors (Lipinski definition) is 1. The molecule has 0 spiro atoms. The molecule has 6 heteroatoms. The van der Waals surface area contributed by atoms with E-state index in [1.807, 2.05) is 6.07 Å². The lowest BCUT2D eigenvalue weighted by Gasteiger charge is -2.19. The molecule has 0 aliphatic heterocycles. The average molecular weight is 418 g/mol. The minimum absolute atomic E-state index is 0.0376. The normalized spacial score (nSPS) is 12.0. The van der Waals surface area contributed by atoms with Gasteiger partial charge >= 0.3 is 5.97 Å². The summed E-state index contributed by atoms with van der Waals surface area (Å²) in [6.45, 7) is 7.47. The van der Waals surface area contributed by atoms with Crippen LogP contribution in [0.2, 0.25) is 0 Å². The first-order valence-corrected chi connectivity index (χ1v) is 8.83. The second-order valence-electron chi connectivity index (χ2n) is 6.17. The fraction of sp³-hybridized carbons (Fsp3) is 0.467. The number of benzene rings is 1. The summed E-state index contributed by atoms with van der Waals surface area (Å²) in [4.78, 5) is 15.4. The van der Waals surface area contributed by atoms with Gasteiger partial charge in [-0.05, 0) is 52.6 Å². The maximum absolute atomic E-state index is 10.8. The Kier molecular flexibility index (Phi) is 5.19. The van der Waals surface area contributed by atoms with Crippen molar-refractivity contribution in [2.75, 3.05) is 5.75 Å². The Labute approximate surface area is 142 Å². The number of carboxylic acids is 1. The van der Waals surface area contributed by atoms with Gasteiger partial charge in [0.1, 0.15) is 0 Å². The van der Waals surface area contributed by atoms with Crippen LogP contribution in [0.1, 0.15) is 27.2 Å². The van der Waals surface area contributed by atoms with E-state index in [1.54, 1.807) is 0 Å². The maximum atomic E-state index is 10.8. The van der Waals surface area contributed by atoms with E-state index in [0.29, 0.717) is 0 Å². The predicted molar refractivity (Wildman–Crippen MR) is 94.9 cm³/mol. The fourth-order valence-electron chi connectivity index (χ4n) is 1.98. The summed E-state index contributed by atoms with van der Waals surface area (Å²) in [5.74, 6) is -0.778. The van der Waals surface area contributed by atoms with Gasteiger partial charge in [0, 0.05) is 10.1 Å². The van der Waals surface area contributed by atoms with Crippen LogP contribution in [-0.4, -0.2) is 26.4 Å². The molecular weight excluding hydrogens is 399 g/mol. The number of carboxylic acid groups (broad SMARTS) is 1. The van der Waals surface area contributed by atoms with Crippen molar-refractivity contribution in [3.05, 3.63) is 21.8 Å².